The van der Waals surface area contributed by atoms with Crippen LogP contribution in [0.4, 0.5) is 0 Å². The summed E-state index contributed by atoms with van der Waals surface area (Å²) in [6.07, 6.45) is 3.71. The van der Waals surface area contributed by atoms with Crippen molar-refractivity contribution in [2.45, 2.75) is 33.2 Å². The number of hydrogen-bond donors (Lipinski definition) is 1. The van der Waals surface area contributed by atoms with E-state index in [9.17, 15) is 0 Å². The van der Waals surface area contributed by atoms with Gasteiger partial charge in [0, 0.05) is 6.04 Å². The fourth-order valence-corrected chi connectivity index (χ4v) is 2.30. The minimum atomic E-state index is 0.617. The van der Waals surface area contributed by atoms with E-state index < -0.39 is 0 Å². The normalized spacial score (nSPS) is 38.5. The maximum Gasteiger partial charge on any atom is 0.0300 e. The molecule has 1 aliphatic rings. The molecule has 1 rings (SSSR count). The van der Waals surface area contributed by atoms with Crippen LogP contribution in [0.15, 0.2) is 11.6 Å². The number of rotatable bonds is 1. The summed E-state index contributed by atoms with van der Waals surface area (Å²) in [5.74, 6) is 1.56. The molecule has 1 aliphatic carbocycles. The first kappa shape index (κ1) is 8.79. The predicted octanol–water partition coefficient (Wildman–Crippen LogP) is 2.20. The topological polar surface area (TPSA) is 12.0 Å². The second kappa shape index (κ2) is 3.40. The fourth-order valence-electron chi connectivity index (χ4n) is 2.30. The van der Waals surface area contributed by atoms with Crippen molar-refractivity contribution in [1.29, 1.82) is 0 Å². The fraction of sp³-hybridized carbons (Fsp3) is 0.800. The van der Waals surface area contributed by atoms with Crippen LogP contribution in [-0.2, 0) is 0 Å². The summed E-state index contributed by atoms with van der Waals surface area (Å²) >= 11 is 0. The Kier molecular flexibility index (Phi) is 2.72. The monoisotopic (exact) mass is 153 g/mol. The first-order chi connectivity index (χ1) is 5.15. The number of hydrogen-bond acceptors (Lipinski definition) is 1. The molecular formula is C10H19N. The molecule has 1 heteroatoms. The third-order valence-electron chi connectivity index (χ3n) is 2.66. The van der Waals surface area contributed by atoms with Gasteiger partial charge in [-0.25, -0.2) is 0 Å². The second-order valence-corrected chi connectivity index (χ2v) is 3.87. The smallest absolute Gasteiger partial charge is 0.0300 e. The Labute approximate surface area is 69.9 Å². The summed E-state index contributed by atoms with van der Waals surface area (Å²) in [7, 11) is 2.05. The third kappa shape index (κ3) is 1.84. The molecule has 1 nitrogen and oxygen atoms in total. The third-order valence-corrected chi connectivity index (χ3v) is 2.66. The molecule has 3 atom stereocenters. The number of likely N-dealkylation sites (N-methyl/N-ethyl adjacent to an activating group) is 1. The summed E-state index contributed by atoms with van der Waals surface area (Å²) in [6.45, 7) is 6.85. The molecule has 0 amide bonds. The second-order valence-electron chi connectivity index (χ2n) is 3.87. The number of allylic oxidation sites excluding steroid dienone is 1. The maximum atomic E-state index is 3.36. The first-order valence-electron chi connectivity index (χ1n) is 4.50. The van der Waals surface area contributed by atoms with Gasteiger partial charge in [-0.15, -0.1) is 0 Å². The van der Waals surface area contributed by atoms with Crippen LogP contribution in [0, 0.1) is 11.8 Å². The summed E-state index contributed by atoms with van der Waals surface area (Å²) in [5.41, 5.74) is 1.51. The molecule has 64 valence electrons. The van der Waals surface area contributed by atoms with E-state index in [1.54, 1.807) is 0 Å². The average Bonchev–Trinajstić information content (AvgIpc) is 1.85. The van der Waals surface area contributed by atoms with Crippen LogP contribution in [0.25, 0.3) is 0 Å². The van der Waals surface area contributed by atoms with Crippen molar-refractivity contribution in [1.82, 2.24) is 5.32 Å². The quantitative estimate of drug-likeness (QED) is 0.569. The highest BCUT2D eigenvalue weighted by atomic mass is 14.9. The largest absolute Gasteiger partial charge is 0.313 e. The molecule has 0 spiro atoms. The summed E-state index contributed by atoms with van der Waals surface area (Å²) < 4.78 is 0. The summed E-state index contributed by atoms with van der Waals surface area (Å²) in [6, 6.07) is 0.617. The van der Waals surface area contributed by atoms with Crippen LogP contribution in [0.1, 0.15) is 27.2 Å². The molecular weight excluding hydrogens is 134 g/mol. The molecule has 1 N–H and O–H groups in total. The zero-order chi connectivity index (χ0) is 8.43. The summed E-state index contributed by atoms with van der Waals surface area (Å²) in [4.78, 5) is 0. The van der Waals surface area contributed by atoms with Crippen LogP contribution in [0.2, 0.25) is 0 Å². The Morgan fingerprint density at radius 2 is 2.09 bits per heavy atom. The van der Waals surface area contributed by atoms with Crippen molar-refractivity contribution in [3.8, 4) is 0 Å². The molecule has 11 heavy (non-hydrogen) atoms. The SMILES string of the molecule is CNC1C(C)=C[C@H](C)C[C@H]1C. The lowest BCUT2D eigenvalue weighted by Crippen LogP contribution is -2.36. The van der Waals surface area contributed by atoms with Gasteiger partial charge >= 0.3 is 0 Å². The van der Waals surface area contributed by atoms with Gasteiger partial charge in [0.1, 0.15) is 0 Å². The van der Waals surface area contributed by atoms with Crippen molar-refractivity contribution in [2.75, 3.05) is 7.05 Å². The van der Waals surface area contributed by atoms with Gasteiger partial charge in [0.15, 0.2) is 0 Å². The molecule has 0 aromatic rings. The Morgan fingerprint density at radius 3 is 2.55 bits per heavy atom. The highest BCUT2D eigenvalue weighted by Gasteiger charge is 2.23. The van der Waals surface area contributed by atoms with Crippen molar-refractivity contribution in [3.05, 3.63) is 11.6 Å². The minimum Gasteiger partial charge on any atom is -0.313 e. The van der Waals surface area contributed by atoms with Crippen LogP contribution < -0.4 is 5.32 Å². The zero-order valence-electron chi connectivity index (χ0n) is 8.02. The van der Waals surface area contributed by atoms with Crippen molar-refractivity contribution in [2.24, 2.45) is 11.8 Å². The highest BCUT2D eigenvalue weighted by molar-refractivity contribution is 5.14. The zero-order valence-corrected chi connectivity index (χ0v) is 8.02. The van der Waals surface area contributed by atoms with Gasteiger partial charge in [-0.1, -0.05) is 25.5 Å². The lowest BCUT2D eigenvalue weighted by atomic mass is 9.81. The van der Waals surface area contributed by atoms with E-state index in [1.807, 2.05) is 0 Å². The van der Waals surface area contributed by atoms with E-state index in [0.717, 1.165) is 11.8 Å². The highest BCUT2D eigenvalue weighted by Crippen LogP contribution is 2.27. The minimum absolute atomic E-state index is 0.617. The Morgan fingerprint density at radius 1 is 1.45 bits per heavy atom. The molecule has 0 fully saturated rings. The van der Waals surface area contributed by atoms with Crippen molar-refractivity contribution < 1.29 is 0 Å². The van der Waals surface area contributed by atoms with Crippen molar-refractivity contribution in [3.63, 3.8) is 0 Å². The van der Waals surface area contributed by atoms with E-state index >= 15 is 0 Å². The van der Waals surface area contributed by atoms with Gasteiger partial charge in [0.2, 0.25) is 0 Å². The van der Waals surface area contributed by atoms with Gasteiger partial charge < -0.3 is 5.32 Å². The van der Waals surface area contributed by atoms with E-state index in [1.165, 1.54) is 12.0 Å². The molecule has 0 heterocycles. The Balaban J connectivity index is 2.71. The van der Waals surface area contributed by atoms with Crippen LogP contribution >= 0.6 is 0 Å². The molecule has 0 radical (unpaired) electrons. The molecule has 1 unspecified atom stereocenters. The predicted molar refractivity (Wildman–Crippen MR) is 49.5 cm³/mol. The number of nitrogens with one attached hydrogen (secondary N) is 1. The van der Waals surface area contributed by atoms with Crippen molar-refractivity contribution >= 4 is 0 Å². The maximum absolute atomic E-state index is 3.36. The van der Waals surface area contributed by atoms with E-state index in [4.69, 9.17) is 0 Å². The van der Waals surface area contributed by atoms with Crippen LogP contribution in [0.5, 0.6) is 0 Å². The van der Waals surface area contributed by atoms with Gasteiger partial charge in [-0.3, -0.25) is 0 Å². The van der Waals surface area contributed by atoms with Crippen LogP contribution in [-0.4, -0.2) is 13.1 Å². The molecule has 0 aliphatic heterocycles. The van der Waals surface area contributed by atoms with Gasteiger partial charge in [-0.05, 0) is 32.2 Å². The lowest BCUT2D eigenvalue weighted by Gasteiger charge is -2.31. The van der Waals surface area contributed by atoms with E-state index in [2.05, 4.69) is 39.2 Å². The standard InChI is InChI=1S/C10H19N/c1-7-5-8(2)10(11-4)9(3)6-7/h5,7,9-11H,6H2,1-4H3/t7-,9+,10?/m0/s1. The molecule has 0 bridgehead atoms. The van der Waals surface area contributed by atoms with Gasteiger partial charge in [-0.2, -0.15) is 0 Å². The Hall–Kier alpha value is -0.300. The van der Waals surface area contributed by atoms with Crippen LogP contribution in [0.3, 0.4) is 0 Å². The first-order valence-corrected chi connectivity index (χ1v) is 4.50. The molecule has 0 saturated heterocycles. The Bertz CT molecular complexity index is 160. The van der Waals surface area contributed by atoms with E-state index in [0.29, 0.717) is 6.04 Å². The average molecular weight is 153 g/mol. The molecule has 0 aromatic carbocycles. The summed E-state index contributed by atoms with van der Waals surface area (Å²) in [5, 5.41) is 3.36. The van der Waals surface area contributed by atoms with E-state index in [-0.39, 0.29) is 0 Å². The van der Waals surface area contributed by atoms with Gasteiger partial charge in [0.05, 0.1) is 0 Å². The van der Waals surface area contributed by atoms with Gasteiger partial charge in [0.25, 0.3) is 0 Å². The molecule has 0 saturated carbocycles. The molecule has 0 aromatic heterocycles. The lowest BCUT2D eigenvalue weighted by molar-refractivity contribution is 0.357.